The molecular weight excluding hydrogens is 581 g/mol. The molecule has 0 atom stereocenters. The maximum atomic E-state index is 6.48. The van der Waals surface area contributed by atoms with Gasteiger partial charge in [-0.05, 0) is 96.1 Å². The lowest BCUT2D eigenvalue weighted by atomic mass is 10.0. The van der Waals surface area contributed by atoms with Crippen LogP contribution in [0.3, 0.4) is 0 Å². The zero-order chi connectivity index (χ0) is 30.5. The van der Waals surface area contributed by atoms with Crippen LogP contribution in [0.25, 0.3) is 31.3 Å². The molecule has 218 valence electrons. The molecule has 1 aliphatic heterocycles. The van der Waals surface area contributed by atoms with Gasteiger partial charge in [-0.3, -0.25) is 0 Å². The number of ether oxygens (including phenoxy) is 1. The summed E-state index contributed by atoms with van der Waals surface area (Å²) in [5.41, 5.74) is 8.76. The number of hydrogen-bond acceptors (Lipinski definition) is 4. The Hall–Kier alpha value is -5.84. The molecule has 0 saturated carbocycles. The Kier molecular flexibility index (Phi) is 6.32. The average Bonchev–Trinajstić information content (AvgIpc) is 3.50. The van der Waals surface area contributed by atoms with E-state index in [1.807, 2.05) is 29.5 Å². The van der Waals surface area contributed by atoms with E-state index in [-0.39, 0.29) is 0 Å². The highest BCUT2D eigenvalue weighted by molar-refractivity contribution is 7.25. The number of fused-ring (bicyclic) bond motifs is 5. The van der Waals surface area contributed by atoms with Gasteiger partial charge in [0, 0.05) is 42.9 Å². The molecule has 1 aliphatic rings. The van der Waals surface area contributed by atoms with Crippen LogP contribution in [0.15, 0.2) is 170 Å². The van der Waals surface area contributed by atoms with Crippen molar-refractivity contribution in [3.8, 4) is 22.6 Å². The number of thiophene rings is 1. The number of para-hydroxylation sites is 4. The molecular formula is C42H28N2OS. The highest BCUT2D eigenvalue weighted by Crippen LogP contribution is 2.51. The second kappa shape index (κ2) is 11.0. The van der Waals surface area contributed by atoms with Crippen molar-refractivity contribution in [2.75, 3.05) is 9.80 Å². The van der Waals surface area contributed by atoms with Crippen LogP contribution in [-0.2, 0) is 0 Å². The molecule has 46 heavy (non-hydrogen) atoms. The molecule has 9 rings (SSSR count). The van der Waals surface area contributed by atoms with Crippen molar-refractivity contribution in [3.05, 3.63) is 170 Å². The van der Waals surface area contributed by atoms with E-state index in [1.165, 1.54) is 20.2 Å². The van der Waals surface area contributed by atoms with Crippen LogP contribution in [0.5, 0.6) is 11.5 Å². The SMILES string of the molecule is c1ccc(N(c2ccc(-c3ccc4c(c3)Oc3ccccc3N4c3ccccc3)cc2)c2ccc3sc4ccccc4c3c2)cc1. The van der Waals surface area contributed by atoms with Gasteiger partial charge in [-0.1, -0.05) is 84.9 Å². The normalized spacial score (nSPS) is 12.0. The Morgan fingerprint density at radius 3 is 1.91 bits per heavy atom. The second-order valence-electron chi connectivity index (χ2n) is 11.4. The first-order chi connectivity index (χ1) is 22.8. The molecule has 0 aliphatic carbocycles. The fourth-order valence-electron chi connectivity index (χ4n) is 6.47. The standard InChI is InChI=1S/C42H28N2OS/c1-3-11-31(12-4-1)43(34-24-26-42-36(28-34)35-15-7-10-18-41(35)46-42)33-22-19-29(20-23-33)30-21-25-38-40(27-30)45-39-17-9-8-16-37(39)44(38)32-13-5-2-6-14-32/h1-28H. The van der Waals surface area contributed by atoms with Gasteiger partial charge in [0.05, 0.1) is 11.4 Å². The van der Waals surface area contributed by atoms with Crippen molar-refractivity contribution in [1.29, 1.82) is 0 Å². The van der Waals surface area contributed by atoms with Gasteiger partial charge in [-0.15, -0.1) is 11.3 Å². The topological polar surface area (TPSA) is 15.7 Å². The Balaban J connectivity index is 1.10. The van der Waals surface area contributed by atoms with Crippen LogP contribution in [0, 0.1) is 0 Å². The summed E-state index contributed by atoms with van der Waals surface area (Å²) < 4.78 is 9.10. The van der Waals surface area contributed by atoms with E-state index in [1.54, 1.807) is 0 Å². The van der Waals surface area contributed by atoms with E-state index >= 15 is 0 Å². The van der Waals surface area contributed by atoms with Crippen molar-refractivity contribution >= 4 is 65.6 Å². The first-order valence-electron chi connectivity index (χ1n) is 15.4. The predicted octanol–water partition coefficient (Wildman–Crippen LogP) is 12.8. The fraction of sp³-hybridized carbons (Fsp3) is 0. The Bertz CT molecular complexity index is 2350. The lowest BCUT2D eigenvalue weighted by molar-refractivity contribution is 0.477. The van der Waals surface area contributed by atoms with Crippen LogP contribution in [0.4, 0.5) is 34.1 Å². The summed E-state index contributed by atoms with van der Waals surface area (Å²) >= 11 is 1.85. The Labute approximate surface area is 271 Å². The third-order valence-corrected chi connectivity index (χ3v) is 9.78. The van der Waals surface area contributed by atoms with Crippen molar-refractivity contribution < 1.29 is 4.74 Å². The number of nitrogens with zero attached hydrogens (tertiary/aromatic N) is 2. The lowest BCUT2D eigenvalue weighted by Gasteiger charge is -2.33. The van der Waals surface area contributed by atoms with Gasteiger partial charge in [0.25, 0.3) is 0 Å². The summed E-state index contributed by atoms with van der Waals surface area (Å²) in [6, 6.07) is 60.1. The van der Waals surface area contributed by atoms with Crippen LogP contribution >= 0.6 is 11.3 Å². The Morgan fingerprint density at radius 1 is 0.435 bits per heavy atom. The molecule has 2 heterocycles. The summed E-state index contributed by atoms with van der Waals surface area (Å²) in [5.74, 6) is 1.69. The molecule has 0 bridgehead atoms. The summed E-state index contributed by atoms with van der Waals surface area (Å²) in [6.45, 7) is 0. The average molecular weight is 609 g/mol. The molecule has 7 aromatic carbocycles. The molecule has 1 aromatic heterocycles. The van der Waals surface area contributed by atoms with Crippen molar-refractivity contribution in [2.24, 2.45) is 0 Å². The van der Waals surface area contributed by atoms with E-state index in [9.17, 15) is 0 Å². The highest BCUT2D eigenvalue weighted by Gasteiger charge is 2.26. The van der Waals surface area contributed by atoms with Gasteiger partial charge in [0.15, 0.2) is 11.5 Å². The smallest absolute Gasteiger partial charge is 0.152 e. The maximum Gasteiger partial charge on any atom is 0.152 e. The van der Waals surface area contributed by atoms with Gasteiger partial charge >= 0.3 is 0 Å². The van der Waals surface area contributed by atoms with E-state index in [4.69, 9.17) is 4.74 Å². The summed E-state index contributed by atoms with van der Waals surface area (Å²) in [7, 11) is 0. The van der Waals surface area contributed by atoms with Gasteiger partial charge in [-0.2, -0.15) is 0 Å². The van der Waals surface area contributed by atoms with Gasteiger partial charge in [0.1, 0.15) is 0 Å². The summed E-state index contributed by atoms with van der Waals surface area (Å²) in [4.78, 5) is 4.60. The predicted molar refractivity (Wildman–Crippen MR) is 194 cm³/mol. The van der Waals surface area contributed by atoms with Crippen LogP contribution in [0.1, 0.15) is 0 Å². The summed E-state index contributed by atoms with van der Waals surface area (Å²) in [5, 5.41) is 2.59. The molecule has 0 unspecified atom stereocenters. The number of hydrogen-bond donors (Lipinski definition) is 0. The molecule has 0 radical (unpaired) electrons. The number of anilines is 6. The van der Waals surface area contributed by atoms with Crippen LogP contribution < -0.4 is 14.5 Å². The third kappa shape index (κ3) is 4.50. The monoisotopic (exact) mass is 608 g/mol. The quantitative estimate of drug-likeness (QED) is 0.193. The molecule has 0 fully saturated rings. The minimum Gasteiger partial charge on any atom is -0.453 e. The third-order valence-electron chi connectivity index (χ3n) is 8.63. The van der Waals surface area contributed by atoms with Gasteiger partial charge < -0.3 is 14.5 Å². The molecule has 0 N–H and O–H groups in total. The fourth-order valence-corrected chi connectivity index (χ4v) is 7.56. The van der Waals surface area contributed by atoms with Crippen LogP contribution in [-0.4, -0.2) is 0 Å². The zero-order valence-corrected chi connectivity index (χ0v) is 25.7. The molecule has 0 spiro atoms. The molecule has 0 amide bonds. The van der Waals surface area contributed by atoms with Crippen molar-refractivity contribution in [3.63, 3.8) is 0 Å². The number of benzene rings is 7. The van der Waals surface area contributed by atoms with Crippen LogP contribution in [0.2, 0.25) is 0 Å². The molecule has 8 aromatic rings. The van der Waals surface area contributed by atoms with Gasteiger partial charge in [-0.25, -0.2) is 0 Å². The Morgan fingerprint density at radius 2 is 1.07 bits per heavy atom. The van der Waals surface area contributed by atoms with Crippen molar-refractivity contribution in [2.45, 2.75) is 0 Å². The van der Waals surface area contributed by atoms with Gasteiger partial charge in [0.2, 0.25) is 0 Å². The maximum absolute atomic E-state index is 6.48. The second-order valence-corrected chi connectivity index (χ2v) is 12.5. The van der Waals surface area contributed by atoms with E-state index in [0.717, 1.165) is 56.8 Å². The zero-order valence-electron chi connectivity index (χ0n) is 24.9. The first kappa shape index (κ1) is 26.6. The van der Waals surface area contributed by atoms with Crippen molar-refractivity contribution in [1.82, 2.24) is 0 Å². The van der Waals surface area contributed by atoms with E-state index in [0.29, 0.717) is 0 Å². The highest BCUT2D eigenvalue weighted by atomic mass is 32.1. The van der Waals surface area contributed by atoms with E-state index < -0.39 is 0 Å². The molecule has 3 nitrogen and oxygen atoms in total. The minimum atomic E-state index is 0.839. The number of rotatable bonds is 5. The largest absolute Gasteiger partial charge is 0.453 e. The minimum absolute atomic E-state index is 0.839. The lowest BCUT2D eigenvalue weighted by Crippen LogP contribution is -2.15. The summed E-state index contributed by atoms with van der Waals surface area (Å²) in [6.07, 6.45) is 0. The molecule has 0 saturated heterocycles. The molecule has 4 heteroatoms. The first-order valence-corrected chi connectivity index (χ1v) is 16.2. The van der Waals surface area contributed by atoms with E-state index in [2.05, 4.69) is 161 Å².